The lowest BCUT2D eigenvalue weighted by Crippen LogP contribution is -2.49. The van der Waals surface area contributed by atoms with Crippen molar-refractivity contribution in [3.63, 3.8) is 0 Å². The number of imidazole rings is 2. The van der Waals surface area contributed by atoms with Gasteiger partial charge in [0.1, 0.15) is 12.7 Å². The largest absolute Gasteiger partial charge is 0.378 e. The number of hydrogen-bond donors (Lipinski definition) is 2. The Hall–Kier alpha value is -13.4. The van der Waals surface area contributed by atoms with Crippen LogP contribution in [0.2, 0.25) is 0 Å². The molecule has 24 rings (SSSR count). The first-order valence-electron chi connectivity index (χ1n) is 47.6. The number of rotatable bonds is 18. The van der Waals surface area contributed by atoms with Crippen molar-refractivity contribution < 1.29 is 38.1 Å². The van der Waals surface area contributed by atoms with E-state index >= 15 is 0 Å². The van der Waals surface area contributed by atoms with Gasteiger partial charge >= 0.3 is 12.1 Å². The van der Waals surface area contributed by atoms with Crippen molar-refractivity contribution in [3.8, 4) is 45.6 Å². The smallest absolute Gasteiger partial charge is 0.329 e. The van der Waals surface area contributed by atoms with Crippen molar-refractivity contribution in [3.05, 3.63) is 216 Å². The molecule has 0 aliphatic carbocycles. The number of benzene rings is 4. The van der Waals surface area contributed by atoms with Gasteiger partial charge in [0.2, 0.25) is 11.8 Å². The van der Waals surface area contributed by atoms with Gasteiger partial charge in [-0.25, -0.2) is 59.4 Å². The minimum absolute atomic E-state index is 0.0112. The van der Waals surface area contributed by atoms with Crippen LogP contribution in [0.4, 0.5) is 32.9 Å². The molecule has 8 aliphatic rings. The summed E-state index contributed by atoms with van der Waals surface area (Å²) in [6.45, 7) is 35.3. The number of morpholine rings is 4. The van der Waals surface area contributed by atoms with Crippen molar-refractivity contribution in [2.75, 3.05) is 230 Å². The highest BCUT2D eigenvalue weighted by Crippen LogP contribution is 2.42. The summed E-state index contributed by atoms with van der Waals surface area (Å²) >= 11 is 7.09. The van der Waals surface area contributed by atoms with Gasteiger partial charge in [-0.1, -0.05) is 98.1 Å². The van der Waals surface area contributed by atoms with E-state index in [1.165, 1.54) is 40.8 Å². The molecular formula is C100H108N28O8S4. The van der Waals surface area contributed by atoms with Crippen molar-refractivity contribution in [1.82, 2.24) is 119 Å². The highest BCUT2D eigenvalue weighted by atomic mass is 32.1. The number of carbonyl (C=O) groups excluding carboxylic acids is 4. The number of nitrogens with one attached hydrogen (secondary N) is 2. The fourth-order valence-electron chi connectivity index (χ4n) is 18.8. The van der Waals surface area contributed by atoms with E-state index in [2.05, 4.69) is 143 Å². The molecule has 36 nitrogen and oxygen atoms in total. The Labute approximate surface area is 823 Å². The second kappa shape index (κ2) is 43.2. The molecule has 8 saturated heterocycles. The molecule has 8 aliphatic heterocycles. The van der Waals surface area contributed by atoms with Crippen molar-refractivity contribution in [2.45, 2.75) is 26.2 Å². The van der Waals surface area contributed by atoms with Gasteiger partial charge in [-0.2, -0.15) is 10.2 Å². The molecule has 0 bridgehead atoms. The van der Waals surface area contributed by atoms with Crippen LogP contribution < -0.4 is 19.6 Å². The average Bonchev–Trinajstić information content (AvgIpc) is 1.58. The third-order valence-electron chi connectivity index (χ3n) is 26.3. The Bertz CT molecular complexity index is 7020. The lowest BCUT2D eigenvalue weighted by atomic mass is 10.1. The molecule has 20 heterocycles. The van der Waals surface area contributed by atoms with Gasteiger partial charge in [-0.3, -0.25) is 48.5 Å². The van der Waals surface area contributed by atoms with E-state index in [1.807, 2.05) is 92.7 Å². The number of aromatic amines is 2. The van der Waals surface area contributed by atoms with Gasteiger partial charge in [0.25, 0.3) is 0 Å². The molecule has 140 heavy (non-hydrogen) atoms. The van der Waals surface area contributed by atoms with E-state index in [1.54, 1.807) is 82.8 Å². The van der Waals surface area contributed by atoms with Gasteiger partial charge in [-0.05, 0) is 48.6 Å². The van der Waals surface area contributed by atoms with E-state index in [9.17, 15) is 19.2 Å². The third kappa shape index (κ3) is 21.1. The molecule has 8 fully saturated rings. The summed E-state index contributed by atoms with van der Waals surface area (Å²) < 4.78 is 29.9. The summed E-state index contributed by atoms with van der Waals surface area (Å²) in [6.07, 6.45) is 16.2. The summed E-state index contributed by atoms with van der Waals surface area (Å²) in [5, 5.41) is 16.6. The van der Waals surface area contributed by atoms with E-state index < -0.39 is 0 Å². The van der Waals surface area contributed by atoms with Crippen LogP contribution in [0.5, 0.6) is 0 Å². The summed E-state index contributed by atoms with van der Waals surface area (Å²) in [4.78, 5) is 128. The Kier molecular flexibility index (Phi) is 28.7. The zero-order valence-electron chi connectivity index (χ0n) is 77.7. The number of amides is 4. The Morgan fingerprint density at radius 1 is 0.336 bits per heavy atom. The zero-order chi connectivity index (χ0) is 94.8. The normalized spacial score (nSPS) is 17.3. The number of fused-ring (bicyclic) bond motifs is 6. The monoisotopic (exact) mass is 1960 g/mol. The van der Waals surface area contributed by atoms with Gasteiger partial charge in [0.05, 0.1) is 117 Å². The van der Waals surface area contributed by atoms with Crippen LogP contribution in [0.1, 0.15) is 19.5 Å². The number of H-pyrrole nitrogens is 2. The first kappa shape index (κ1) is 93.0. The molecule has 4 amide bonds. The standard InChI is InChI=1S/C26H27N9O2S.2C25H27N7O2S.C24H27N5O2S/c36-26(35-5-4-27-17-35)34-8-6-32(7-9-34)16-18-14-22-23(38-18)25(33-10-12-37-13-11-33)30-24(29-22)19-2-1-3-21-20(19)15-28-31-21;1-2-22(33)31-8-6-30(7-9-31)16-17-14-21-23(35-17)25(32-10-12-34-13-11-32)28-24(27-21)18-4-3-5-20-19(18)15-26-29-20;33-25(32-7-6-26-18-32)31-10-8-29(9-11-31)17-20-16-21-22(35-20)24(30-12-14-34-15-13-30)28-23(27-21)19-4-2-1-3-5-19;1-2-21(30)28-10-8-27(9-11-28)17-19-16-20-22(32-19)24(29-12-14-31-15-13-29)26-23(25-20)18-6-4-3-5-7-18/h1-5,14-15,17H,6-13,16H2,(H,28,31);2-5,14-15H,1,6-13,16H2,(H,26,29);1-7,16,18H,8-15,17H2;2-7,16H,1,8-15,17H2. The molecule has 720 valence electrons. The maximum Gasteiger partial charge on any atom is 0.329 e. The molecule has 4 aromatic carbocycles. The summed E-state index contributed by atoms with van der Waals surface area (Å²) in [7, 11) is 0. The highest BCUT2D eigenvalue weighted by Gasteiger charge is 2.32. The maximum absolute atomic E-state index is 12.6. The molecular weight excluding hydrogens is 1850 g/mol. The predicted molar refractivity (Wildman–Crippen MR) is 547 cm³/mol. The fourth-order valence-corrected chi connectivity index (χ4v) is 23.4. The minimum Gasteiger partial charge on any atom is -0.378 e. The summed E-state index contributed by atoms with van der Waals surface area (Å²) in [5.41, 5.74) is 9.87. The van der Waals surface area contributed by atoms with Crippen molar-refractivity contribution in [1.29, 1.82) is 0 Å². The highest BCUT2D eigenvalue weighted by molar-refractivity contribution is 7.20. The average molecular weight is 1960 g/mol. The van der Waals surface area contributed by atoms with Gasteiger partial charge in [0, 0.05) is 261 Å². The molecule has 0 unspecified atom stereocenters. The molecule has 12 aromatic heterocycles. The molecule has 0 radical (unpaired) electrons. The second-order valence-electron chi connectivity index (χ2n) is 35.2. The lowest BCUT2D eigenvalue weighted by molar-refractivity contribution is -0.128. The lowest BCUT2D eigenvalue weighted by Gasteiger charge is -2.34. The Morgan fingerprint density at radius 2 is 0.629 bits per heavy atom. The van der Waals surface area contributed by atoms with E-state index in [0.717, 1.165) is 290 Å². The number of carbonyl (C=O) groups is 4. The molecule has 40 heteroatoms. The van der Waals surface area contributed by atoms with Crippen LogP contribution in [-0.2, 0) is 54.7 Å². The number of nitrogens with zero attached hydrogens (tertiary/aromatic N) is 26. The number of piperazine rings is 4. The SMILES string of the molecule is C=CC(=O)N1CCN(Cc2cc3nc(-c4cccc5[nH]ncc45)nc(N4CCOCC4)c3s2)CC1.C=CC(=O)N1CCN(Cc2cc3nc(-c4ccccc4)nc(N4CCOCC4)c3s2)CC1.O=C(N1CCN(Cc2cc3nc(-c4cccc5[nH]ncc45)nc(N4CCOCC4)c3s2)CC1)n1ccnc1.O=C(N1CCN(Cc2cc3nc(-c4ccccc4)nc(N4CCOCC4)c3s2)CC1)n1ccnc1. The molecule has 0 saturated carbocycles. The molecule has 0 spiro atoms. The summed E-state index contributed by atoms with van der Waals surface area (Å²) in [6, 6.07) is 41.3. The first-order valence-corrected chi connectivity index (χ1v) is 50.9. The quantitative estimate of drug-likeness (QED) is 0.0754. The topological polar surface area (TPSA) is 340 Å². The first-order chi connectivity index (χ1) is 68.9. The van der Waals surface area contributed by atoms with Crippen LogP contribution in [-0.4, -0.2) is 352 Å². The van der Waals surface area contributed by atoms with Crippen molar-refractivity contribution in [2.24, 2.45) is 0 Å². The summed E-state index contributed by atoms with van der Waals surface area (Å²) in [5.74, 6) is 6.94. The van der Waals surface area contributed by atoms with Gasteiger partial charge < -0.3 is 58.1 Å². The Morgan fingerprint density at radius 3 is 0.921 bits per heavy atom. The van der Waals surface area contributed by atoms with Crippen LogP contribution in [0.25, 0.3) is 108 Å². The Balaban J connectivity index is 0.000000111. The molecule has 0 atom stereocenters. The van der Waals surface area contributed by atoms with Gasteiger partial charge in [0.15, 0.2) is 46.6 Å². The van der Waals surface area contributed by atoms with E-state index in [-0.39, 0.29) is 23.9 Å². The predicted octanol–water partition coefficient (Wildman–Crippen LogP) is 12.2. The van der Waals surface area contributed by atoms with Crippen LogP contribution in [0.3, 0.4) is 0 Å². The number of aromatic nitrogens is 16. The van der Waals surface area contributed by atoms with Crippen LogP contribution in [0, 0.1) is 0 Å². The van der Waals surface area contributed by atoms with Crippen LogP contribution >= 0.6 is 45.3 Å². The fraction of sp³-hybridized carbons (Fsp3) is 0.360. The number of thiophene rings is 4. The van der Waals surface area contributed by atoms with Gasteiger partial charge in [-0.15, -0.1) is 45.3 Å². The number of ether oxygens (including phenoxy) is 4. The van der Waals surface area contributed by atoms with Crippen molar-refractivity contribution >= 4 is 155 Å². The van der Waals surface area contributed by atoms with E-state index in [0.29, 0.717) is 77.5 Å². The second-order valence-corrected chi connectivity index (χ2v) is 39.8. The third-order valence-corrected chi connectivity index (χ3v) is 30.8. The maximum atomic E-state index is 12.6. The zero-order valence-corrected chi connectivity index (χ0v) is 81.0. The number of anilines is 4. The number of hydrogen-bond acceptors (Lipinski definition) is 32. The molecule has 2 N–H and O–H groups in total. The molecule has 16 aromatic rings. The van der Waals surface area contributed by atoms with E-state index in [4.69, 9.17) is 58.8 Å². The van der Waals surface area contributed by atoms with Crippen LogP contribution in [0.15, 0.2) is 196 Å². The minimum atomic E-state index is -0.0189.